The molecule has 0 aliphatic heterocycles. The molecule has 0 saturated carbocycles. The van der Waals surface area contributed by atoms with Gasteiger partial charge in [-0.1, -0.05) is 13.3 Å². The Labute approximate surface area is 62.9 Å². The predicted octanol–water partition coefficient (Wildman–Crippen LogP) is 3.59. The van der Waals surface area contributed by atoms with Gasteiger partial charge < -0.3 is 0 Å². The first-order chi connectivity index (χ1) is 4.98. The van der Waals surface area contributed by atoms with Crippen molar-refractivity contribution >= 4 is 0 Å². The van der Waals surface area contributed by atoms with Gasteiger partial charge in [0.05, 0.1) is 0 Å². The molecule has 0 unspecified atom stereocenters. The average molecular weight is 170 g/mol. The van der Waals surface area contributed by atoms with E-state index in [-0.39, 0.29) is 6.42 Å². The first-order valence-corrected chi connectivity index (χ1v) is 3.41. The summed E-state index contributed by atoms with van der Waals surface area (Å²) in [7, 11) is 0. The Morgan fingerprint density at radius 3 is 2.27 bits per heavy atom. The molecule has 0 N–H and O–H groups in total. The van der Waals surface area contributed by atoms with Crippen LogP contribution >= 0.6 is 0 Å². The van der Waals surface area contributed by atoms with E-state index in [0.717, 1.165) is 6.42 Å². The number of unbranched alkanes of at least 4 members (excludes halogenated alkanes) is 2. The number of alkyl halides is 3. The molecular weight excluding hydrogens is 160 g/mol. The third-order valence-corrected chi connectivity index (χ3v) is 1.15. The summed E-state index contributed by atoms with van der Waals surface area (Å²) < 4.78 is 46.3. The van der Waals surface area contributed by atoms with Gasteiger partial charge in [-0.3, -0.25) is 0 Å². The summed E-state index contributed by atoms with van der Waals surface area (Å²) in [6, 6.07) is 0. The fourth-order valence-corrected chi connectivity index (χ4v) is 0.549. The summed E-state index contributed by atoms with van der Waals surface area (Å²) in [5, 5.41) is 0. The lowest BCUT2D eigenvalue weighted by Gasteiger charge is -2.01. The van der Waals surface area contributed by atoms with Gasteiger partial charge in [-0.05, 0) is 18.9 Å². The number of rotatable bonds is 3. The van der Waals surface area contributed by atoms with Gasteiger partial charge in [0.2, 0.25) is 0 Å². The van der Waals surface area contributed by atoms with Crippen molar-refractivity contribution in [3.63, 3.8) is 0 Å². The SMILES string of the molecule is CCCC/C=C(/F)C(F)(F)F. The number of halogens is 4. The summed E-state index contributed by atoms with van der Waals surface area (Å²) in [6.07, 6.45) is -2.70. The molecule has 0 atom stereocenters. The van der Waals surface area contributed by atoms with E-state index in [1.54, 1.807) is 0 Å². The van der Waals surface area contributed by atoms with Gasteiger partial charge in [-0.25, -0.2) is 4.39 Å². The molecule has 0 radical (unpaired) electrons. The predicted molar refractivity (Wildman–Crippen MR) is 34.8 cm³/mol. The molecule has 0 aliphatic rings. The number of hydrogen-bond acceptors (Lipinski definition) is 0. The number of allylic oxidation sites excluding steroid dienone is 2. The molecule has 0 bridgehead atoms. The summed E-state index contributed by atoms with van der Waals surface area (Å²) >= 11 is 0. The van der Waals surface area contributed by atoms with Gasteiger partial charge >= 0.3 is 6.18 Å². The Morgan fingerprint density at radius 1 is 1.36 bits per heavy atom. The van der Waals surface area contributed by atoms with Crippen molar-refractivity contribution in [2.45, 2.75) is 32.4 Å². The van der Waals surface area contributed by atoms with E-state index in [4.69, 9.17) is 0 Å². The smallest absolute Gasteiger partial charge is 0.202 e. The molecule has 0 amide bonds. The molecule has 0 heterocycles. The molecule has 11 heavy (non-hydrogen) atoms. The van der Waals surface area contributed by atoms with E-state index >= 15 is 0 Å². The molecule has 0 nitrogen and oxygen atoms in total. The quantitative estimate of drug-likeness (QED) is 0.448. The van der Waals surface area contributed by atoms with Crippen LogP contribution in [0.3, 0.4) is 0 Å². The third kappa shape index (κ3) is 4.81. The van der Waals surface area contributed by atoms with Crippen LogP contribution in [0.25, 0.3) is 0 Å². The van der Waals surface area contributed by atoms with Crippen molar-refractivity contribution < 1.29 is 17.6 Å². The van der Waals surface area contributed by atoms with Gasteiger partial charge in [-0.2, -0.15) is 13.2 Å². The fraction of sp³-hybridized carbons (Fsp3) is 0.714. The molecule has 66 valence electrons. The molecule has 0 rings (SSSR count). The standard InChI is InChI=1S/C7H10F4/c1-2-3-4-5-6(8)7(9,10)11/h5H,2-4H2,1H3/b6-5+. The average Bonchev–Trinajstić information content (AvgIpc) is 1.86. The van der Waals surface area contributed by atoms with Crippen LogP contribution in [0, 0.1) is 0 Å². The molecule has 0 aromatic carbocycles. The van der Waals surface area contributed by atoms with Gasteiger partial charge in [-0.15, -0.1) is 0 Å². The van der Waals surface area contributed by atoms with Crippen LogP contribution in [0.4, 0.5) is 17.6 Å². The molecule has 0 aliphatic carbocycles. The number of hydrogen-bond donors (Lipinski definition) is 0. The van der Waals surface area contributed by atoms with Gasteiger partial charge in [0.15, 0.2) is 5.83 Å². The Hall–Kier alpha value is -0.540. The lowest BCUT2D eigenvalue weighted by atomic mass is 10.2. The van der Waals surface area contributed by atoms with E-state index in [0.29, 0.717) is 12.5 Å². The van der Waals surface area contributed by atoms with E-state index < -0.39 is 12.0 Å². The van der Waals surface area contributed by atoms with Crippen LogP contribution < -0.4 is 0 Å². The summed E-state index contributed by atoms with van der Waals surface area (Å²) in [6.45, 7) is 1.83. The molecule has 0 fully saturated rings. The van der Waals surface area contributed by atoms with Crippen molar-refractivity contribution in [1.29, 1.82) is 0 Å². The van der Waals surface area contributed by atoms with Crippen molar-refractivity contribution in [2.24, 2.45) is 0 Å². The van der Waals surface area contributed by atoms with Crippen LogP contribution in [-0.4, -0.2) is 6.18 Å². The van der Waals surface area contributed by atoms with E-state index in [1.807, 2.05) is 6.92 Å². The van der Waals surface area contributed by atoms with Crippen LogP contribution in [-0.2, 0) is 0 Å². The van der Waals surface area contributed by atoms with Crippen LogP contribution in [0.2, 0.25) is 0 Å². The Bertz CT molecular complexity index is 134. The maximum Gasteiger partial charge on any atom is 0.442 e. The monoisotopic (exact) mass is 170 g/mol. The topological polar surface area (TPSA) is 0 Å². The molecule has 0 spiro atoms. The molecule has 0 saturated heterocycles. The third-order valence-electron chi connectivity index (χ3n) is 1.15. The van der Waals surface area contributed by atoms with Gasteiger partial charge in [0, 0.05) is 0 Å². The maximum absolute atomic E-state index is 12.0. The highest BCUT2D eigenvalue weighted by molar-refractivity contribution is 4.98. The minimum atomic E-state index is -4.80. The fourth-order valence-electron chi connectivity index (χ4n) is 0.549. The largest absolute Gasteiger partial charge is 0.442 e. The zero-order chi connectivity index (χ0) is 8.91. The van der Waals surface area contributed by atoms with Crippen LogP contribution in [0.5, 0.6) is 0 Å². The normalized spacial score (nSPS) is 13.7. The Morgan fingerprint density at radius 2 is 1.91 bits per heavy atom. The summed E-state index contributed by atoms with van der Waals surface area (Å²) in [5.41, 5.74) is 0. The van der Waals surface area contributed by atoms with E-state index in [9.17, 15) is 17.6 Å². The maximum atomic E-state index is 12.0. The highest BCUT2D eigenvalue weighted by atomic mass is 19.4. The molecule has 0 aromatic rings. The van der Waals surface area contributed by atoms with Crippen LogP contribution in [0.1, 0.15) is 26.2 Å². The second-order valence-corrected chi connectivity index (χ2v) is 2.19. The molecule has 4 heteroatoms. The minimum absolute atomic E-state index is 0.155. The zero-order valence-corrected chi connectivity index (χ0v) is 6.21. The van der Waals surface area contributed by atoms with Crippen molar-refractivity contribution in [3.8, 4) is 0 Å². The van der Waals surface area contributed by atoms with Crippen molar-refractivity contribution in [2.75, 3.05) is 0 Å². The first kappa shape index (κ1) is 10.5. The summed E-state index contributed by atoms with van der Waals surface area (Å²) in [4.78, 5) is 0. The molecular formula is C7H10F4. The Kier molecular flexibility index (Phi) is 4.15. The highest BCUT2D eigenvalue weighted by Gasteiger charge is 2.33. The highest BCUT2D eigenvalue weighted by Crippen LogP contribution is 2.26. The second-order valence-electron chi connectivity index (χ2n) is 2.19. The zero-order valence-electron chi connectivity index (χ0n) is 6.21. The van der Waals surface area contributed by atoms with Gasteiger partial charge in [0.1, 0.15) is 0 Å². The summed E-state index contributed by atoms with van der Waals surface area (Å²) in [5.74, 6) is -1.98. The van der Waals surface area contributed by atoms with Gasteiger partial charge in [0.25, 0.3) is 0 Å². The van der Waals surface area contributed by atoms with Crippen molar-refractivity contribution in [3.05, 3.63) is 11.9 Å². The van der Waals surface area contributed by atoms with Crippen molar-refractivity contribution in [1.82, 2.24) is 0 Å². The van der Waals surface area contributed by atoms with E-state index in [2.05, 4.69) is 0 Å². The lowest BCUT2D eigenvalue weighted by Crippen LogP contribution is -2.07. The lowest BCUT2D eigenvalue weighted by molar-refractivity contribution is -0.109. The van der Waals surface area contributed by atoms with E-state index in [1.165, 1.54) is 0 Å². The second kappa shape index (κ2) is 4.36. The minimum Gasteiger partial charge on any atom is -0.202 e. The first-order valence-electron chi connectivity index (χ1n) is 3.41. The molecule has 0 aromatic heterocycles. The van der Waals surface area contributed by atoms with Crippen LogP contribution in [0.15, 0.2) is 11.9 Å². The Balaban J connectivity index is 3.81.